The molecule has 358 valence electrons. The Kier molecular flexibility index (Phi) is 16.4. The molecule has 0 saturated carbocycles. The minimum absolute atomic E-state index is 0.0746. The van der Waals surface area contributed by atoms with Crippen molar-refractivity contribution in [2.45, 2.75) is 130 Å². The first-order valence-corrected chi connectivity index (χ1v) is 30.0. The van der Waals surface area contributed by atoms with E-state index in [0.717, 1.165) is 30.7 Å². The molecule has 0 bridgehead atoms. The molecule has 0 fully saturated rings. The van der Waals surface area contributed by atoms with E-state index >= 15 is 0 Å². The number of hydrogen-bond acceptors (Lipinski definition) is 11. The molecule has 6 rings (SSSR count). The first kappa shape index (κ1) is 52.4. The Morgan fingerprint density at radius 3 is 2.10 bits per heavy atom. The SMILES string of the molecule is COc1ccccc1-c1nccc(COc2ccc(O[Si](C)(C)C(C)(C)C)cc2CC(Oc2ncnc3sc(I)c(-c4c(C)c(Cl)c(O[Si](C(C)C)(C(C)C)C(C)C)c(Cl)c4C)c23)C(=O)O)n1. The van der Waals surface area contributed by atoms with Crippen molar-refractivity contribution in [1.82, 2.24) is 19.9 Å². The third kappa shape index (κ3) is 10.8. The molecule has 0 aliphatic carbocycles. The summed E-state index contributed by atoms with van der Waals surface area (Å²) in [4.78, 5) is 32.4. The highest BCUT2D eigenvalue weighted by Crippen LogP contribution is 2.53. The minimum Gasteiger partial charge on any atom is -0.543 e. The fraction of sp³-hybridized carbons (Fsp3) is 0.420. The summed E-state index contributed by atoms with van der Waals surface area (Å²) >= 11 is 18.4. The van der Waals surface area contributed by atoms with Gasteiger partial charge in [0.25, 0.3) is 8.32 Å². The number of methoxy groups -OCH3 is 1. The van der Waals surface area contributed by atoms with Crippen molar-refractivity contribution in [3.8, 4) is 51.4 Å². The van der Waals surface area contributed by atoms with Gasteiger partial charge in [0.05, 0.1) is 36.7 Å². The quantitative estimate of drug-likeness (QED) is 0.0651. The maximum atomic E-state index is 13.4. The zero-order valence-electron chi connectivity index (χ0n) is 40.7. The van der Waals surface area contributed by atoms with Gasteiger partial charge in [0.1, 0.15) is 40.8 Å². The molecule has 0 radical (unpaired) electrons. The van der Waals surface area contributed by atoms with Crippen molar-refractivity contribution in [1.29, 1.82) is 0 Å². The Bertz CT molecular complexity index is 2730. The van der Waals surface area contributed by atoms with Gasteiger partial charge >= 0.3 is 5.97 Å². The molecule has 0 amide bonds. The van der Waals surface area contributed by atoms with Gasteiger partial charge < -0.3 is 28.2 Å². The molecule has 6 aromatic rings. The van der Waals surface area contributed by atoms with E-state index in [0.29, 0.717) is 77.0 Å². The molecule has 0 spiro atoms. The second kappa shape index (κ2) is 20.9. The lowest BCUT2D eigenvalue weighted by Gasteiger charge is -2.43. The number of carboxylic acids is 1. The number of para-hydroxylation sites is 1. The maximum Gasteiger partial charge on any atom is 0.345 e. The van der Waals surface area contributed by atoms with E-state index in [9.17, 15) is 9.90 Å². The van der Waals surface area contributed by atoms with E-state index in [-0.39, 0.29) is 23.9 Å². The highest BCUT2D eigenvalue weighted by atomic mass is 127. The van der Waals surface area contributed by atoms with Crippen molar-refractivity contribution in [2.24, 2.45) is 0 Å². The topological polar surface area (TPSA) is 135 Å². The first-order valence-electron chi connectivity index (χ1n) is 22.3. The monoisotopic (exact) mass is 1110 g/mol. The van der Waals surface area contributed by atoms with Crippen LogP contribution in [0, 0.1) is 16.7 Å². The first-order chi connectivity index (χ1) is 31.4. The number of carboxylic acid groups (broad SMARTS) is 1. The summed E-state index contributed by atoms with van der Waals surface area (Å²) in [5.74, 6) is 1.63. The Balaban J connectivity index is 1.40. The van der Waals surface area contributed by atoms with E-state index in [1.165, 1.54) is 17.7 Å². The predicted octanol–water partition coefficient (Wildman–Crippen LogP) is 14.9. The molecule has 3 heterocycles. The lowest BCUT2D eigenvalue weighted by Crippen LogP contribution is -2.50. The Labute approximate surface area is 424 Å². The van der Waals surface area contributed by atoms with E-state index in [2.05, 4.69) is 113 Å². The average molecular weight is 1120 g/mol. The van der Waals surface area contributed by atoms with Crippen LogP contribution in [0.1, 0.15) is 84.7 Å². The molecule has 67 heavy (non-hydrogen) atoms. The fourth-order valence-corrected chi connectivity index (χ4v) is 17.5. The molecule has 3 aromatic heterocycles. The highest BCUT2D eigenvalue weighted by molar-refractivity contribution is 14.1. The molecule has 0 aliphatic rings. The van der Waals surface area contributed by atoms with Gasteiger partial charge in [-0.15, -0.1) is 11.3 Å². The number of fused-ring (bicyclic) bond motifs is 1. The summed E-state index contributed by atoms with van der Waals surface area (Å²) in [5, 5.41) is 12.2. The summed E-state index contributed by atoms with van der Waals surface area (Å²) in [6.07, 6.45) is 1.57. The van der Waals surface area contributed by atoms with Crippen LogP contribution in [-0.2, 0) is 17.8 Å². The summed E-state index contributed by atoms with van der Waals surface area (Å²) in [7, 11) is -3.14. The molecule has 17 heteroatoms. The summed E-state index contributed by atoms with van der Waals surface area (Å²) in [5.41, 5.74) is 5.93. The van der Waals surface area contributed by atoms with Gasteiger partial charge in [0, 0.05) is 23.7 Å². The van der Waals surface area contributed by atoms with Crippen molar-refractivity contribution in [2.75, 3.05) is 7.11 Å². The van der Waals surface area contributed by atoms with Crippen LogP contribution < -0.4 is 23.1 Å². The van der Waals surface area contributed by atoms with Crippen LogP contribution in [0.2, 0.25) is 44.8 Å². The number of aliphatic carboxylic acids is 1. The van der Waals surface area contributed by atoms with Crippen molar-refractivity contribution in [3.63, 3.8) is 0 Å². The number of nitrogens with zero attached hydrogens (tertiary/aromatic N) is 4. The van der Waals surface area contributed by atoms with Crippen LogP contribution in [0.25, 0.3) is 32.7 Å². The van der Waals surface area contributed by atoms with Crippen LogP contribution in [0.15, 0.2) is 61.1 Å². The molecule has 1 unspecified atom stereocenters. The molecule has 3 aromatic carbocycles. The Morgan fingerprint density at radius 1 is 0.866 bits per heavy atom. The van der Waals surface area contributed by atoms with Gasteiger partial charge in [0.15, 0.2) is 5.82 Å². The number of carbonyl (C=O) groups is 1. The molecular weight excluding hydrogens is 1050 g/mol. The summed E-state index contributed by atoms with van der Waals surface area (Å²) in [6.45, 7) is 28.2. The Hall–Kier alpha value is -4.01. The molecule has 0 saturated heterocycles. The molecule has 0 aliphatic heterocycles. The van der Waals surface area contributed by atoms with E-state index in [4.69, 9.17) is 51.2 Å². The number of aromatic nitrogens is 4. The molecule has 1 atom stereocenters. The second-order valence-corrected chi connectivity index (χ2v) is 32.9. The van der Waals surface area contributed by atoms with Gasteiger partial charge in [0.2, 0.25) is 20.3 Å². The lowest BCUT2D eigenvalue weighted by molar-refractivity contribution is -0.145. The van der Waals surface area contributed by atoms with Gasteiger partial charge in [-0.3, -0.25) is 0 Å². The number of thiophene rings is 1. The Morgan fingerprint density at radius 2 is 1.51 bits per heavy atom. The standard InChI is InChI=1S/C50H61Cl2IN4O7SSi2/c1-27(2)67(28(3)4,29(5)6)64-44-42(51)30(7)39(31(8)43(44)52)40-41-47(55-26-56-48(41)65-45(40)53)62-38(49(58)59)24-32-23-34(63-66(13,14)50(9,10)11)19-20-36(32)61-25-33-21-22-54-46(57-33)35-17-15-16-18-37(35)60-12/h15-23,26-29,38H,24-25H2,1-14H3,(H,58,59). The largest absolute Gasteiger partial charge is 0.543 e. The smallest absolute Gasteiger partial charge is 0.345 e. The van der Waals surface area contributed by atoms with Crippen molar-refractivity contribution < 1.29 is 33.0 Å². The number of hydrogen-bond donors (Lipinski definition) is 1. The van der Waals surface area contributed by atoms with Crippen molar-refractivity contribution in [3.05, 3.63) is 96.4 Å². The number of benzene rings is 3. The number of halogens is 3. The number of rotatable bonds is 18. The average Bonchev–Trinajstić information content (AvgIpc) is 3.60. The third-order valence-corrected chi connectivity index (χ3v) is 26.4. The zero-order valence-corrected chi connectivity index (χ0v) is 47.2. The number of ether oxygens (including phenoxy) is 3. The molecule has 1 N–H and O–H groups in total. The fourth-order valence-electron chi connectivity index (χ4n) is 8.59. The minimum atomic E-state index is -2.44. The van der Waals surface area contributed by atoms with Crippen molar-refractivity contribution >= 4 is 90.0 Å². The van der Waals surface area contributed by atoms with Crippen LogP contribution in [0.4, 0.5) is 0 Å². The van der Waals surface area contributed by atoms with Gasteiger partial charge in [-0.2, -0.15) is 0 Å². The summed E-state index contributed by atoms with van der Waals surface area (Å²) < 4.78 is 33.3. The van der Waals surface area contributed by atoms with Gasteiger partial charge in [-0.25, -0.2) is 24.7 Å². The van der Waals surface area contributed by atoms with E-state index in [1.54, 1.807) is 19.4 Å². The lowest BCUT2D eigenvalue weighted by atomic mass is 9.95. The van der Waals surface area contributed by atoms with Crippen LogP contribution >= 0.6 is 57.1 Å². The predicted molar refractivity (Wildman–Crippen MR) is 285 cm³/mol. The van der Waals surface area contributed by atoms with Crippen LogP contribution in [0.5, 0.6) is 28.9 Å². The molecule has 11 nitrogen and oxygen atoms in total. The maximum absolute atomic E-state index is 13.4. The van der Waals surface area contributed by atoms with Crippen LogP contribution in [0.3, 0.4) is 0 Å². The van der Waals surface area contributed by atoms with E-state index < -0.39 is 28.7 Å². The van der Waals surface area contributed by atoms with Crippen LogP contribution in [-0.4, -0.2) is 60.9 Å². The third-order valence-electron chi connectivity index (χ3n) is 13.0. The zero-order chi connectivity index (χ0) is 49.3. The molecular formula is C50H61Cl2IN4O7SSi2. The second-order valence-electron chi connectivity index (χ2n) is 19.3. The highest BCUT2D eigenvalue weighted by Gasteiger charge is 2.48. The van der Waals surface area contributed by atoms with Gasteiger partial charge in [-0.1, -0.05) is 97.6 Å². The summed E-state index contributed by atoms with van der Waals surface area (Å²) in [6, 6.07) is 14.8. The van der Waals surface area contributed by atoms with E-state index in [1.807, 2.05) is 56.3 Å². The van der Waals surface area contributed by atoms with Gasteiger partial charge in [-0.05, 0) is 124 Å². The normalized spacial score (nSPS) is 12.8.